The van der Waals surface area contributed by atoms with Crippen molar-refractivity contribution in [1.29, 1.82) is 0 Å². The van der Waals surface area contributed by atoms with Crippen LogP contribution in [0.25, 0.3) is 0 Å². The maximum atomic E-state index is 12.4. The van der Waals surface area contributed by atoms with E-state index in [2.05, 4.69) is 64.4 Å². The lowest BCUT2D eigenvalue weighted by molar-refractivity contribution is -0.123. The first-order valence-corrected chi connectivity index (χ1v) is 10.1. The van der Waals surface area contributed by atoms with E-state index in [0.717, 1.165) is 19.5 Å². The number of nitrogens with zero attached hydrogens (tertiary/aromatic N) is 2. The summed E-state index contributed by atoms with van der Waals surface area (Å²) in [4.78, 5) is 14.8. The van der Waals surface area contributed by atoms with Gasteiger partial charge in [-0.05, 0) is 41.8 Å². The van der Waals surface area contributed by atoms with E-state index in [9.17, 15) is 4.79 Å². The molecule has 0 aliphatic carbocycles. The molecule has 0 bridgehead atoms. The topological polar surface area (TPSA) is 46.5 Å². The Bertz CT molecular complexity index is 952. The third-order valence-corrected chi connectivity index (χ3v) is 5.53. The van der Waals surface area contributed by atoms with Gasteiger partial charge in [0.15, 0.2) is 6.61 Å². The van der Waals surface area contributed by atoms with Crippen molar-refractivity contribution in [2.75, 3.05) is 19.7 Å². The molecule has 150 valence electrons. The van der Waals surface area contributed by atoms with Gasteiger partial charge < -0.3 is 14.6 Å². The lowest BCUT2D eigenvalue weighted by atomic mass is 9.98. The van der Waals surface area contributed by atoms with Gasteiger partial charge >= 0.3 is 0 Å². The fourth-order valence-corrected chi connectivity index (χ4v) is 3.95. The van der Waals surface area contributed by atoms with Crippen molar-refractivity contribution in [2.24, 2.45) is 7.05 Å². The molecule has 0 fully saturated rings. The quantitative estimate of drug-likeness (QED) is 0.674. The van der Waals surface area contributed by atoms with Crippen molar-refractivity contribution < 1.29 is 9.53 Å². The molecule has 0 spiro atoms. The average molecular weight is 389 g/mol. The zero-order chi connectivity index (χ0) is 20.1. The monoisotopic (exact) mass is 389 g/mol. The molecule has 0 saturated carbocycles. The minimum absolute atomic E-state index is 0.0205. The summed E-state index contributed by atoms with van der Waals surface area (Å²) in [5.41, 5.74) is 4.00. The molecule has 2 heterocycles. The van der Waals surface area contributed by atoms with Gasteiger partial charge in [-0.3, -0.25) is 9.69 Å². The Labute approximate surface area is 171 Å². The lowest BCUT2D eigenvalue weighted by Gasteiger charge is -2.36. The number of fused-ring (bicyclic) bond motifs is 1. The van der Waals surface area contributed by atoms with Crippen LogP contribution in [0.2, 0.25) is 0 Å². The maximum Gasteiger partial charge on any atom is 0.258 e. The Hall–Kier alpha value is -3.05. The van der Waals surface area contributed by atoms with E-state index < -0.39 is 0 Å². The number of carbonyl (C=O) groups is 1. The van der Waals surface area contributed by atoms with Crippen molar-refractivity contribution in [1.82, 2.24) is 14.8 Å². The highest BCUT2D eigenvalue weighted by Crippen LogP contribution is 2.27. The Morgan fingerprint density at radius 2 is 1.79 bits per heavy atom. The standard InChI is InChI=1S/C24H27N3O2/c1-26-14-7-12-22(26)23(27-15-13-19-8-5-6-9-20(19)17-27)16-25-24(28)18-29-21-10-3-2-4-11-21/h2-12,14,23H,13,15-18H2,1H3,(H,25,28). The van der Waals surface area contributed by atoms with E-state index in [0.29, 0.717) is 12.3 Å². The second kappa shape index (κ2) is 8.97. The summed E-state index contributed by atoms with van der Waals surface area (Å²) < 4.78 is 7.71. The fourth-order valence-electron chi connectivity index (χ4n) is 3.95. The number of benzene rings is 2. The number of nitrogens with one attached hydrogen (secondary N) is 1. The molecule has 0 saturated heterocycles. The number of carbonyl (C=O) groups excluding carboxylic acids is 1. The number of ether oxygens (including phenoxy) is 1. The zero-order valence-electron chi connectivity index (χ0n) is 16.8. The van der Waals surface area contributed by atoms with Gasteiger partial charge in [-0.25, -0.2) is 0 Å². The molecule has 1 amide bonds. The minimum Gasteiger partial charge on any atom is -0.484 e. The molecule has 3 aromatic rings. The van der Waals surface area contributed by atoms with Crippen LogP contribution in [0.1, 0.15) is 22.9 Å². The highest BCUT2D eigenvalue weighted by atomic mass is 16.5. The summed E-state index contributed by atoms with van der Waals surface area (Å²) in [6, 6.07) is 22.4. The van der Waals surface area contributed by atoms with Gasteiger partial charge in [0.25, 0.3) is 5.91 Å². The summed E-state index contributed by atoms with van der Waals surface area (Å²) >= 11 is 0. The largest absolute Gasteiger partial charge is 0.484 e. The van der Waals surface area contributed by atoms with Crippen molar-refractivity contribution in [3.8, 4) is 5.75 Å². The molecular weight excluding hydrogens is 362 g/mol. The Kier molecular flexibility index (Phi) is 5.96. The molecule has 2 aromatic carbocycles. The van der Waals surface area contributed by atoms with Crippen LogP contribution in [0.5, 0.6) is 5.75 Å². The maximum absolute atomic E-state index is 12.4. The summed E-state index contributed by atoms with van der Waals surface area (Å²) in [5.74, 6) is 0.597. The summed E-state index contributed by atoms with van der Waals surface area (Å²) in [6.07, 6.45) is 3.09. The number of hydrogen-bond donors (Lipinski definition) is 1. The van der Waals surface area contributed by atoms with Crippen LogP contribution in [-0.4, -0.2) is 35.1 Å². The van der Waals surface area contributed by atoms with Crippen molar-refractivity contribution >= 4 is 5.91 Å². The summed E-state index contributed by atoms with van der Waals surface area (Å²) in [6.45, 7) is 2.44. The predicted molar refractivity (Wildman–Crippen MR) is 114 cm³/mol. The molecule has 4 rings (SSSR count). The summed E-state index contributed by atoms with van der Waals surface area (Å²) in [5, 5.41) is 3.07. The van der Waals surface area contributed by atoms with Crippen LogP contribution in [0.15, 0.2) is 72.9 Å². The smallest absolute Gasteiger partial charge is 0.258 e. The van der Waals surface area contributed by atoms with Crippen molar-refractivity contribution in [3.63, 3.8) is 0 Å². The van der Waals surface area contributed by atoms with Crippen LogP contribution in [0, 0.1) is 0 Å². The predicted octanol–water partition coefficient (Wildman–Crippen LogP) is 3.32. The molecule has 1 unspecified atom stereocenters. The molecule has 0 radical (unpaired) electrons. The first-order chi connectivity index (χ1) is 14.2. The van der Waals surface area contributed by atoms with Crippen LogP contribution in [-0.2, 0) is 24.8 Å². The number of aryl methyl sites for hydroxylation is 1. The van der Waals surface area contributed by atoms with Crippen LogP contribution in [0.3, 0.4) is 0 Å². The molecule has 1 aliphatic rings. The van der Waals surface area contributed by atoms with Crippen LogP contribution in [0.4, 0.5) is 0 Å². The fraction of sp³-hybridized carbons (Fsp3) is 0.292. The second-order valence-corrected chi connectivity index (χ2v) is 7.45. The van der Waals surface area contributed by atoms with Crippen LogP contribution >= 0.6 is 0 Å². The van der Waals surface area contributed by atoms with Gasteiger partial charge in [-0.1, -0.05) is 42.5 Å². The third kappa shape index (κ3) is 4.69. The van der Waals surface area contributed by atoms with Gasteiger partial charge in [-0.2, -0.15) is 0 Å². The normalized spacial score (nSPS) is 14.8. The molecule has 29 heavy (non-hydrogen) atoms. The van der Waals surface area contributed by atoms with Gasteiger partial charge in [0.2, 0.25) is 0 Å². The molecule has 1 atom stereocenters. The number of rotatable bonds is 7. The van der Waals surface area contributed by atoms with Gasteiger partial charge in [-0.15, -0.1) is 0 Å². The van der Waals surface area contributed by atoms with Gasteiger partial charge in [0, 0.05) is 38.6 Å². The Balaban J connectivity index is 1.42. The molecule has 5 nitrogen and oxygen atoms in total. The third-order valence-electron chi connectivity index (χ3n) is 5.53. The SMILES string of the molecule is Cn1cccc1C(CNC(=O)COc1ccccc1)N1CCc2ccccc2C1. The van der Waals surface area contributed by atoms with Crippen molar-refractivity contribution in [2.45, 2.75) is 19.0 Å². The van der Waals surface area contributed by atoms with Crippen LogP contribution < -0.4 is 10.1 Å². The number of amides is 1. The molecule has 1 aromatic heterocycles. The van der Waals surface area contributed by atoms with E-state index in [4.69, 9.17) is 4.74 Å². The molecule has 1 N–H and O–H groups in total. The van der Waals surface area contributed by atoms with Gasteiger partial charge in [0.1, 0.15) is 5.75 Å². The van der Waals surface area contributed by atoms with E-state index in [1.807, 2.05) is 30.3 Å². The Morgan fingerprint density at radius 1 is 1.03 bits per heavy atom. The van der Waals surface area contributed by atoms with Crippen molar-refractivity contribution in [3.05, 3.63) is 89.7 Å². The first kappa shape index (κ1) is 19.3. The summed E-state index contributed by atoms with van der Waals surface area (Å²) in [7, 11) is 2.06. The number of aromatic nitrogens is 1. The van der Waals surface area contributed by atoms with E-state index in [1.54, 1.807) is 0 Å². The Morgan fingerprint density at radius 3 is 2.55 bits per heavy atom. The molecule has 1 aliphatic heterocycles. The molecular formula is C24H27N3O2. The number of hydrogen-bond acceptors (Lipinski definition) is 3. The zero-order valence-corrected chi connectivity index (χ0v) is 16.8. The molecule has 5 heteroatoms. The average Bonchev–Trinajstić information content (AvgIpc) is 3.18. The highest BCUT2D eigenvalue weighted by Gasteiger charge is 2.26. The highest BCUT2D eigenvalue weighted by molar-refractivity contribution is 5.77. The van der Waals surface area contributed by atoms with Gasteiger partial charge in [0.05, 0.1) is 6.04 Å². The first-order valence-electron chi connectivity index (χ1n) is 10.1. The minimum atomic E-state index is -0.106. The van der Waals surface area contributed by atoms with E-state index in [1.165, 1.54) is 16.8 Å². The van der Waals surface area contributed by atoms with E-state index in [-0.39, 0.29) is 18.6 Å². The van der Waals surface area contributed by atoms with E-state index >= 15 is 0 Å². The number of para-hydroxylation sites is 1. The lowest BCUT2D eigenvalue weighted by Crippen LogP contribution is -2.42. The second-order valence-electron chi connectivity index (χ2n) is 7.45.